The quantitative estimate of drug-likeness (QED) is 0.0318. The van der Waals surface area contributed by atoms with Crippen LogP contribution in [0.3, 0.4) is 0 Å². The number of halogens is 6. The Kier molecular flexibility index (Phi) is 26.4. The first-order valence-corrected chi connectivity index (χ1v) is 20.6. The molecule has 0 saturated heterocycles. The molecule has 42 heavy (non-hydrogen) atoms. The van der Waals surface area contributed by atoms with Gasteiger partial charge in [0.25, 0.3) is 5.97 Å². The Balaban J connectivity index is 4.91. The van der Waals surface area contributed by atoms with Crippen LogP contribution in [0.25, 0.3) is 0 Å². The monoisotopic (exact) mass is 735 g/mol. The van der Waals surface area contributed by atoms with Gasteiger partial charge in [0.2, 0.25) is 11.6 Å². The lowest BCUT2D eigenvalue weighted by Gasteiger charge is -2.42. The molecule has 0 saturated carbocycles. The van der Waals surface area contributed by atoms with Gasteiger partial charge in [-0.2, -0.15) is 0 Å². The highest BCUT2D eigenvalue weighted by molar-refractivity contribution is 6.76. The van der Waals surface area contributed by atoms with E-state index in [9.17, 15) is 4.79 Å². The maximum atomic E-state index is 14.0. The molecule has 0 N–H and O–H groups in total. The van der Waals surface area contributed by atoms with E-state index in [0.717, 1.165) is 51.4 Å². The highest BCUT2D eigenvalue weighted by Crippen LogP contribution is 2.38. The fourth-order valence-corrected chi connectivity index (χ4v) is 7.19. The van der Waals surface area contributed by atoms with Crippen molar-refractivity contribution >= 4 is 84.2 Å². The molecule has 0 aromatic carbocycles. The van der Waals surface area contributed by atoms with Crippen molar-refractivity contribution in [2.45, 2.75) is 107 Å². The van der Waals surface area contributed by atoms with Gasteiger partial charge in [0.05, 0.1) is 46.3 Å². The van der Waals surface area contributed by atoms with Gasteiger partial charge >= 0.3 is 0 Å². The van der Waals surface area contributed by atoms with Crippen LogP contribution in [0.5, 0.6) is 0 Å². The summed E-state index contributed by atoms with van der Waals surface area (Å²) in [4.78, 5) is 14.0. The molecule has 0 aliphatic heterocycles. The van der Waals surface area contributed by atoms with Gasteiger partial charge in [-0.05, 0) is 18.8 Å². The second kappa shape index (κ2) is 25.5. The smallest absolute Gasteiger partial charge is 0.282 e. The third kappa shape index (κ3) is 15.8. The molecule has 1 unspecified atom stereocenters. The van der Waals surface area contributed by atoms with Crippen molar-refractivity contribution in [3.63, 3.8) is 0 Å². The molecule has 13 heteroatoms. The summed E-state index contributed by atoms with van der Waals surface area (Å²) >= 11 is 36.4. The number of carbonyl (C=O) groups excluding carboxylic acids is 1. The zero-order chi connectivity index (χ0) is 31.9. The van der Waals surface area contributed by atoms with E-state index >= 15 is 0 Å². The Bertz CT molecular complexity index is 639. The molecule has 1 radical (unpaired) electrons. The lowest BCUT2D eigenvalue weighted by atomic mass is 9.94. The lowest BCUT2D eigenvalue weighted by molar-refractivity contribution is -0.379. The number of carbonyl (C=O) groups is 1. The Morgan fingerprint density at radius 1 is 0.595 bits per heavy atom. The summed E-state index contributed by atoms with van der Waals surface area (Å²) in [6.07, 6.45) is 8.93. The van der Waals surface area contributed by atoms with Gasteiger partial charge in [0.1, 0.15) is 0 Å². The minimum absolute atomic E-state index is 0.0648. The fraction of sp³-hybridized carbons (Fsp3) is 0.966. The molecule has 0 amide bonds. The van der Waals surface area contributed by atoms with Gasteiger partial charge in [-0.25, -0.2) is 0 Å². The van der Waals surface area contributed by atoms with E-state index in [4.69, 9.17) is 93.3 Å². The second-order valence-electron chi connectivity index (χ2n) is 10.6. The SMILES string of the molecule is CC(C)C(Cl)(C(=O)C(CCCCCCCCCCC(OCCCl)(OCCCl)OCCCl)(OCCCl)OCCCl)[Si](C)C. The van der Waals surface area contributed by atoms with E-state index in [1.54, 1.807) is 0 Å². The van der Waals surface area contributed by atoms with Crippen LogP contribution >= 0.6 is 69.6 Å². The zero-order valence-corrected chi connectivity index (χ0v) is 31.5. The van der Waals surface area contributed by atoms with Crippen LogP contribution in [0.15, 0.2) is 0 Å². The summed E-state index contributed by atoms with van der Waals surface area (Å²) < 4.78 is 28.6. The largest absolute Gasteiger partial charge is 0.342 e. The van der Waals surface area contributed by atoms with Gasteiger partial charge in [0.15, 0.2) is 0 Å². The van der Waals surface area contributed by atoms with Crippen molar-refractivity contribution in [2.75, 3.05) is 62.4 Å². The summed E-state index contributed by atoms with van der Waals surface area (Å²) in [5.74, 6) is -1.33. The van der Waals surface area contributed by atoms with E-state index in [-0.39, 0.29) is 36.7 Å². The van der Waals surface area contributed by atoms with Crippen molar-refractivity contribution in [1.29, 1.82) is 0 Å². The van der Waals surface area contributed by atoms with Crippen molar-refractivity contribution in [3.05, 3.63) is 0 Å². The van der Waals surface area contributed by atoms with Crippen LogP contribution in [-0.2, 0) is 28.5 Å². The van der Waals surface area contributed by atoms with Crippen molar-refractivity contribution in [1.82, 2.24) is 0 Å². The Morgan fingerprint density at radius 2 is 0.929 bits per heavy atom. The van der Waals surface area contributed by atoms with Crippen molar-refractivity contribution in [2.24, 2.45) is 5.92 Å². The molecule has 0 rings (SSSR count). The van der Waals surface area contributed by atoms with Crippen LogP contribution in [0.2, 0.25) is 13.1 Å². The van der Waals surface area contributed by atoms with Gasteiger partial charge in [-0.15, -0.1) is 69.6 Å². The maximum Gasteiger partial charge on any atom is 0.282 e. The summed E-state index contributed by atoms with van der Waals surface area (Å²) in [5.41, 5.74) is 0. The molecule has 6 nitrogen and oxygen atoms in total. The highest BCUT2D eigenvalue weighted by Gasteiger charge is 2.54. The Hall–Kier alpha value is 1.43. The van der Waals surface area contributed by atoms with Crippen LogP contribution in [-0.4, -0.2) is 93.3 Å². The van der Waals surface area contributed by atoms with Crippen LogP contribution in [0.4, 0.5) is 0 Å². The van der Waals surface area contributed by atoms with Gasteiger partial charge in [0, 0.05) is 42.2 Å². The number of rotatable bonds is 30. The predicted octanol–water partition coefficient (Wildman–Crippen LogP) is 9.01. The molecule has 1 atom stereocenters. The van der Waals surface area contributed by atoms with Crippen molar-refractivity contribution < 1.29 is 28.5 Å². The average Bonchev–Trinajstić information content (AvgIpc) is 2.98. The number of Topliss-reactive ketones (excluding diaryl/α,β-unsaturated/α-hetero) is 1. The second-order valence-corrected chi connectivity index (χ2v) is 16.2. The number of hydrogen-bond acceptors (Lipinski definition) is 6. The van der Waals surface area contributed by atoms with Crippen LogP contribution in [0, 0.1) is 5.92 Å². The van der Waals surface area contributed by atoms with Crippen LogP contribution in [0.1, 0.15) is 78.1 Å². The molecule has 0 aromatic heterocycles. The number of hydrogen-bond donors (Lipinski definition) is 0. The first-order chi connectivity index (χ1) is 20.1. The molecule has 0 heterocycles. The first kappa shape index (κ1) is 43.4. The number of unbranched alkanes of at least 4 members (excludes halogenated alkanes) is 7. The topological polar surface area (TPSA) is 63.2 Å². The fourth-order valence-electron chi connectivity index (χ4n) is 4.86. The van der Waals surface area contributed by atoms with E-state index < -0.39 is 25.1 Å². The third-order valence-electron chi connectivity index (χ3n) is 6.96. The van der Waals surface area contributed by atoms with Gasteiger partial charge in [-0.3, -0.25) is 4.79 Å². The van der Waals surface area contributed by atoms with Crippen LogP contribution < -0.4 is 0 Å². The van der Waals surface area contributed by atoms with Gasteiger partial charge in [-0.1, -0.05) is 65.5 Å². The molecular formula is C29H53Cl6O6Si. The first-order valence-electron chi connectivity index (χ1n) is 15.1. The lowest BCUT2D eigenvalue weighted by Crippen LogP contribution is -2.60. The Labute approximate surface area is 286 Å². The number of ketones is 1. The normalized spacial score (nSPS) is 14.2. The third-order valence-corrected chi connectivity index (χ3v) is 11.7. The van der Waals surface area contributed by atoms with E-state index in [1.807, 2.05) is 13.8 Å². The standard InChI is InChI=1S/C29H53Cl6O6Si/c1-25(2)29(35,42(3)4)26(36)27(37-20-15-30,38-21-16-31)13-11-9-7-5-6-8-10-12-14-28(39-22-17-32,40-23-18-33)41-24-19-34/h25H,5-24H2,1-4H3. The molecule has 0 fully saturated rings. The summed E-state index contributed by atoms with van der Waals surface area (Å²) in [6, 6.07) is 0. The molecule has 0 bridgehead atoms. The summed E-state index contributed by atoms with van der Waals surface area (Å²) in [7, 11) is -1.23. The van der Waals surface area contributed by atoms with E-state index in [0.29, 0.717) is 50.3 Å². The predicted molar refractivity (Wildman–Crippen MR) is 181 cm³/mol. The Morgan fingerprint density at radius 3 is 1.26 bits per heavy atom. The summed E-state index contributed by atoms with van der Waals surface area (Å²) in [6.45, 7) is 9.39. The summed E-state index contributed by atoms with van der Waals surface area (Å²) in [5, 5.41) is 0. The maximum absolute atomic E-state index is 14.0. The average molecular weight is 739 g/mol. The molecule has 251 valence electrons. The van der Waals surface area contributed by atoms with E-state index in [1.165, 1.54) is 0 Å². The van der Waals surface area contributed by atoms with Gasteiger partial charge < -0.3 is 23.7 Å². The molecule has 0 spiro atoms. The number of ether oxygens (including phenoxy) is 5. The highest BCUT2D eigenvalue weighted by atomic mass is 35.5. The number of alkyl halides is 6. The minimum atomic E-state index is -1.44. The van der Waals surface area contributed by atoms with E-state index in [2.05, 4.69) is 13.1 Å². The molecule has 0 aromatic rings. The minimum Gasteiger partial charge on any atom is -0.342 e. The zero-order valence-electron chi connectivity index (χ0n) is 25.9. The molecule has 0 aliphatic rings. The molecule has 0 aliphatic carbocycles. The van der Waals surface area contributed by atoms with Crippen molar-refractivity contribution in [3.8, 4) is 0 Å². The molecular weight excluding hydrogens is 685 g/mol.